The van der Waals surface area contributed by atoms with Crippen LogP contribution in [0.4, 0.5) is 13.2 Å². The fourth-order valence-electron chi connectivity index (χ4n) is 1.63. The number of nitriles is 1. The molecule has 0 atom stereocenters. The highest BCUT2D eigenvalue weighted by Crippen LogP contribution is 2.26. The van der Waals surface area contributed by atoms with Gasteiger partial charge in [0.1, 0.15) is 11.5 Å². The van der Waals surface area contributed by atoms with Crippen molar-refractivity contribution in [1.82, 2.24) is 0 Å². The van der Waals surface area contributed by atoms with Gasteiger partial charge in [0.05, 0.1) is 0 Å². The van der Waals surface area contributed by atoms with Gasteiger partial charge in [-0.3, -0.25) is 0 Å². The Morgan fingerprint density at radius 1 is 0.810 bits per heavy atom. The van der Waals surface area contributed by atoms with Crippen molar-refractivity contribution in [1.29, 1.82) is 5.26 Å². The fourth-order valence-corrected chi connectivity index (χ4v) is 1.63. The number of hydrogen-bond acceptors (Lipinski definition) is 3. The van der Waals surface area contributed by atoms with Gasteiger partial charge in [-0.25, -0.2) is 0 Å². The molecule has 0 saturated carbocycles. The summed E-state index contributed by atoms with van der Waals surface area (Å²) in [5, 5.41) is 8.37. The molecule has 6 heteroatoms. The predicted octanol–water partition coefficient (Wildman–Crippen LogP) is 4.63. The summed E-state index contributed by atoms with van der Waals surface area (Å²) in [5.41, 5.74) is 1.59. The summed E-state index contributed by atoms with van der Waals surface area (Å²) in [6.45, 7) is 0. The molecule has 0 heterocycles. The monoisotopic (exact) mass is 291 g/mol. The van der Waals surface area contributed by atoms with E-state index >= 15 is 0 Å². The van der Waals surface area contributed by atoms with Crippen LogP contribution in [-0.4, -0.2) is 0 Å². The molecule has 0 fully saturated rings. The highest BCUT2D eigenvalue weighted by Gasteiger charge is 2.08. The molecule has 2 rings (SSSR count). The topological polar surface area (TPSA) is 42.2 Å². The van der Waals surface area contributed by atoms with Gasteiger partial charge in [-0.1, -0.05) is 24.3 Å². The number of ether oxygens (including phenoxy) is 2. The third-order valence-electron chi connectivity index (χ3n) is 2.56. The maximum Gasteiger partial charge on any atom is 0.344 e. The van der Waals surface area contributed by atoms with Gasteiger partial charge in [0.25, 0.3) is 6.26 Å². The fraction of sp³-hybridized carbons (Fsp3) is 0. The van der Waals surface area contributed by atoms with Crippen molar-refractivity contribution in [3.8, 4) is 28.9 Å². The maximum atomic E-state index is 12.6. The van der Waals surface area contributed by atoms with Gasteiger partial charge in [-0.05, 0) is 35.4 Å². The minimum absolute atomic E-state index is 0.0338. The second-order valence-corrected chi connectivity index (χ2v) is 3.88. The first-order valence-electron chi connectivity index (χ1n) is 5.75. The van der Waals surface area contributed by atoms with Crippen molar-refractivity contribution in [2.45, 2.75) is 0 Å². The zero-order valence-electron chi connectivity index (χ0n) is 10.5. The lowest BCUT2D eigenvalue weighted by Gasteiger charge is -2.05. The van der Waals surface area contributed by atoms with Gasteiger partial charge in [-0.15, -0.1) is 5.26 Å². The van der Waals surface area contributed by atoms with Gasteiger partial charge in [0.15, 0.2) is 0 Å². The summed E-state index contributed by atoms with van der Waals surface area (Å²) in [6, 6.07) is 10.7. The normalized spacial score (nSPS) is 9.62. The number of hydrogen-bond donors (Lipinski definition) is 0. The Labute approximate surface area is 118 Å². The first kappa shape index (κ1) is 14.5. The van der Waals surface area contributed by atoms with Crippen molar-refractivity contribution in [3.63, 3.8) is 0 Å². The summed E-state index contributed by atoms with van der Waals surface area (Å²) in [5.74, 6) is 0.375. The highest BCUT2D eigenvalue weighted by molar-refractivity contribution is 5.64. The van der Waals surface area contributed by atoms with Crippen LogP contribution in [0.5, 0.6) is 11.5 Å². The SMILES string of the molecule is N#COc1ccc(-c2ccc(OC(F)=C(F)F)cc2)cc1. The molecule has 0 aliphatic rings. The Kier molecular flexibility index (Phi) is 4.46. The van der Waals surface area contributed by atoms with Crippen LogP contribution >= 0.6 is 0 Å². The zero-order valence-corrected chi connectivity index (χ0v) is 10.5. The standard InChI is InChI=1S/C15H8F3NO2/c16-14(17)15(18)21-13-7-3-11(4-8-13)10-1-5-12(6-2-10)20-9-19/h1-8H. The third kappa shape index (κ3) is 3.76. The molecule has 0 N–H and O–H groups in total. The molecule has 0 aliphatic carbocycles. The molecule has 0 radical (unpaired) electrons. The molecule has 0 unspecified atom stereocenters. The molecule has 3 nitrogen and oxygen atoms in total. The van der Waals surface area contributed by atoms with E-state index in [1.165, 1.54) is 12.1 Å². The third-order valence-corrected chi connectivity index (χ3v) is 2.56. The van der Waals surface area contributed by atoms with Crippen molar-refractivity contribution < 1.29 is 22.6 Å². The maximum absolute atomic E-state index is 12.6. The highest BCUT2D eigenvalue weighted by atomic mass is 19.3. The van der Waals surface area contributed by atoms with Crippen LogP contribution in [0.1, 0.15) is 0 Å². The zero-order chi connectivity index (χ0) is 15.2. The van der Waals surface area contributed by atoms with Crippen molar-refractivity contribution in [3.05, 3.63) is 60.6 Å². The Hall–Kier alpha value is -2.94. The lowest BCUT2D eigenvalue weighted by atomic mass is 10.1. The number of halogens is 3. The number of nitrogens with zero attached hydrogens (tertiary/aromatic N) is 1. The van der Waals surface area contributed by atoms with Gasteiger partial charge < -0.3 is 9.47 Å². The predicted molar refractivity (Wildman–Crippen MR) is 69.1 cm³/mol. The smallest absolute Gasteiger partial charge is 0.344 e. The number of benzene rings is 2. The van der Waals surface area contributed by atoms with E-state index in [1.807, 2.05) is 0 Å². The molecule has 0 spiro atoms. The summed E-state index contributed by atoms with van der Waals surface area (Å²) < 4.78 is 45.4. The molecule has 106 valence electrons. The summed E-state index contributed by atoms with van der Waals surface area (Å²) >= 11 is 0. The second kappa shape index (κ2) is 6.48. The molecular weight excluding hydrogens is 283 g/mol. The van der Waals surface area contributed by atoms with E-state index < -0.39 is 12.1 Å². The molecule has 0 saturated heterocycles. The molecule has 0 aromatic heterocycles. The molecule has 2 aromatic carbocycles. The molecule has 0 bridgehead atoms. The van der Waals surface area contributed by atoms with Crippen LogP contribution in [-0.2, 0) is 0 Å². The molecule has 0 amide bonds. The van der Waals surface area contributed by atoms with Crippen LogP contribution in [0.3, 0.4) is 0 Å². The lowest BCUT2D eigenvalue weighted by Crippen LogP contribution is -1.90. The summed E-state index contributed by atoms with van der Waals surface area (Å²) in [7, 11) is 0. The Morgan fingerprint density at radius 3 is 1.71 bits per heavy atom. The first-order chi connectivity index (χ1) is 10.1. The molecular formula is C15H8F3NO2. The van der Waals surface area contributed by atoms with E-state index in [0.29, 0.717) is 5.75 Å². The van der Waals surface area contributed by atoms with E-state index in [-0.39, 0.29) is 5.75 Å². The average Bonchev–Trinajstić information content (AvgIpc) is 2.49. The van der Waals surface area contributed by atoms with E-state index in [2.05, 4.69) is 9.47 Å². The number of rotatable bonds is 4. The van der Waals surface area contributed by atoms with E-state index in [0.717, 1.165) is 11.1 Å². The van der Waals surface area contributed by atoms with Crippen molar-refractivity contribution >= 4 is 0 Å². The molecule has 2 aromatic rings. The lowest BCUT2D eigenvalue weighted by molar-refractivity contribution is 0.241. The molecule has 21 heavy (non-hydrogen) atoms. The largest absolute Gasteiger partial charge is 0.428 e. The van der Waals surface area contributed by atoms with Crippen LogP contribution in [0.15, 0.2) is 60.6 Å². The first-order valence-corrected chi connectivity index (χ1v) is 5.75. The second-order valence-electron chi connectivity index (χ2n) is 3.88. The van der Waals surface area contributed by atoms with Crippen LogP contribution < -0.4 is 9.47 Å². The average molecular weight is 291 g/mol. The summed E-state index contributed by atoms with van der Waals surface area (Å²) in [6.07, 6.45) is -0.947. The van der Waals surface area contributed by atoms with Gasteiger partial charge >= 0.3 is 12.1 Å². The minimum Gasteiger partial charge on any atom is -0.428 e. The van der Waals surface area contributed by atoms with E-state index in [1.54, 1.807) is 42.7 Å². The van der Waals surface area contributed by atoms with Gasteiger partial charge in [-0.2, -0.15) is 13.2 Å². The van der Waals surface area contributed by atoms with Crippen molar-refractivity contribution in [2.75, 3.05) is 0 Å². The van der Waals surface area contributed by atoms with Crippen molar-refractivity contribution in [2.24, 2.45) is 0 Å². The Balaban J connectivity index is 2.15. The van der Waals surface area contributed by atoms with E-state index in [9.17, 15) is 13.2 Å². The minimum atomic E-state index is -2.51. The van der Waals surface area contributed by atoms with Crippen LogP contribution in [0.2, 0.25) is 0 Å². The molecule has 0 aliphatic heterocycles. The summed E-state index contributed by atoms with van der Waals surface area (Å²) in [4.78, 5) is 0. The van der Waals surface area contributed by atoms with E-state index in [4.69, 9.17) is 5.26 Å². The quantitative estimate of drug-likeness (QED) is 0.609. The van der Waals surface area contributed by atoms with Crippen LogP contribution in [0.25, 0.3) is 11.1 Å². The Bertz CT molecular complexity index is 684. The Morgan fingerprint density at radius 2 is 1.29 bits per heavy atom. The van der Waals surface area contributed by atoms with Crippen LogP contribution in [0, 0.1) is 11.5 Å². The van der Waals surface area contributed by atoms with Gasteiger partial charge in [0, 0.05) is 0 Å². The van der Waals surface area contributed by atoms with Gasteiger partial charge in [0.2, 0.25) is 0 Å².